The summed E-state index contributed by atoms with van der Waals surface area (Å²) in [5.74, 6) is 0.567. The Morgan fingerprint density at radius 1 is 0.920 bits per heavy atom. The molecule has 0 aliphatic carbocycles. The summed E-state index contributed by atoms with van der Waals surface area (Å²) in [4.78, 5) is 23.1. The maximum atomic E-state index is 12.2. The van der Waals surface area contributed by atoms with E-state index in [1.54, 1.807) is 48.5 Å². The Labute approximate surface area is 148 Å². The number of hydrogen-bond acceptors (Lipinski definition) is 4. The number of benzene rings is 2. The molecule has 0 spiro atoms. The van der Waals surface area contributed by atoms with Crippen molar-refractivity contribution >= 4 is 17.6 Å². The minimum atomic E-state index is -0.440. The van der Waals surface area contributed by atoms with E-state index < -0.39 is 5.97 Å². The number of anilines is 1. The van der Waals surface area contributed by atoms with Gasteiger partial charge in [-0.05, 0) is 55.0 Å². The lowest BCUT2D eigenvalue weighted by molar-refractivity contribution is -0.114. The van der Waals surface area contributed by atoms with Crippen LogP contribution in [0, 0.1) is 0 Å². The third kappa shape index (κ3) is 6.30. The third-order valence-electron chi connectivity index (χ3n) is 3.49. The second-order valence-corrected chi connectivity index (χ2v) is 5.68. The highest BCUT2D eigenvalue weighted by molar-refractivity contribution is 5.91. The standard InChI is InChI=1S/C20H23NO4/c1-3-4-5-14-24-18-10-6-16(7-11-18)20(23)25-19-12-8-17(9-13-19)21-15(2)22/h6-13H,3-5,14H2,1-2H3,(H,21,22). The van der Waals surface area contributed by atoms with E-state index in [4.69, 9.17) is 9.47 Å². The van der Waals surface area contributed by atoms with Crippen molar-refractivity contribution in [3.63, 3.8) is 0 Å². The SMILES string of the molecule is CCCCCOc1ccc(C(=O)Oc2ccc(NC(C)=O)cc2)cc1. The summed E-state index contributed by atoms with van der Waals surface area (Å²) in [6, 6.07) is 13.5. The van der Waals surface area contributed by atoms with Crippen molar-refractivity contribution < 1.29 is 19.1 Å². The quantitative estimate of drug-likeness (QED) is 0.438. The molecule has 0 unspecified atom stereocenters. The van der Waals surface area contributed by atoms with Crippen LogP contribution in [0.3, 0.4) is 0 Å². The van der Waals surface area contributed by atoms with Crippen LogP contribution in [0.15, 0.2) is 48.5 Å². The number of rotatable bonds is 8. The third-order valence-corrected chi connectivity index (χ3v) is 3.49. The molecule has 2 rings (SSSR count). The maximum absolute atomic E-state index is 12.2. The predicted molar refractivity (Wildman–Crippen MR) is 97.2 cm³/mol. The largest absolute Gasteiger partial charge is 0.494 e. The second-order valence-electron chi connectivity index (χ2n) is 5.68. The van der Waals surface area contributed by atoms with Crippen LogP contribution in [-0.2, 0) is 4.79 Å². The molecular weight excluding hydrogens is 318 g/mol. The molecule has 0 heterocycles. The van der Waals surface area contributed by atoms with Gasteiger partial charge in [0, 0.05) is 12.6 Å². The van der Waals surface area contributed by atoms with Gasteiger partial charge < -0.3 is 14.8 Å². The molecule has 0 saturated carbocycles. The molecular formula is C20H23NO4. The maximum Gasteiger partial charge on any atom is 0.343 e. The molecule has 1 N–H and O–H groups in total. The van der Waals surface area contributed by atoms with Gasteiger partial charge >= 0.3 is 5.97 Å². The average Bonchev–Trinajstić information content (AvgIpc) is 2.60. The van der Waals surface area contributed by atoms with E-state index in [0.29, 0.717) is 23.6 Å². The van der Waals surface area contributed by atoms with E-state index in [2.05, 4.69) is 12.2 Å². The molecule has 0 fully saturated rings. The lowest BCUT2D eigenvalue weighted by atomic mass is 10.2. The number of esters is 1. The second kappa shape index (κ2) is 9.47. The topological polar surface area (TPSA) is 64.6 Å². The summed E-state index contributed by atoms with van der Waals surface area (Å²) < 4.78 is 10.9. The predicted octanol–water partition coefficient (Wildman–Crippen LogP) is 4.43. The lowest BCUT2D eigenvalue weighted by Gasteiger charge is -2.08. The molecule has 0 aliphatic rings. The van der Waals surface area contributed by atoms with Crippen molar-refractivity contribution in [1.29, 1.82) is 0 Å². The number of amides is 1. The Hall–Kier alpha value is -2.82. The first-order valence-electron chi connectivity index (χ1n) is 8.41. The minimum absolute atomic E-state index is 0.151. The fraction of sp³-hybridized carbons (Fsp3) is 0.300. The van der Waals surface area contributed by atoms with Gasteiger partial charge in [0.05, 0.1) is 12.2 Å². The number of ether oxygens (including phenoxy) is 2. The number of unbranched alkanes of at least 4 members (excludes halogenated alkanes) is 2. The highest BCUT2D eigenvalue weighted by atomic mass is 16.5. The number of hydrogen-bond donors (Lipinski definition) is 1. The van der Waals surface area contributed by atoms with Gasteiger partial charge in [0.1, 0.15) is 11.5 Å². The number of nitrogens with one attached hydrogen (secondary N) is 1. The normalized spacial score (nSPS) is 10.2. The lowest BCUT2D eigenvalue weighted by Crippen LogP contribution is -2.09. The Morgan fingerprint density at radius 3 is 2.16 bits per heavy atom. The highest BCUT2D eigenvalue weighted by Crippen LogP contribution is 2.18. The number of carbonyl (C=O) groups is 2. The van der Waals surface area contributed by atoms with Crippen LogP contribution >= 0.6 is 0 Å². The first-order valence-corrected chi connectivity index (χ1v) is 8.41. The van der Waals surface area contributed by atoms with Crippen LogP contribution in [0.5, 0.6) is 11.5 Å². The van der Waals surface area contributed by atoms with Crippen molar-refractivity contribution in [3.05, 3.63) is 54.1 Å². The van der Waals surface area contributed by atoms with Crippen LogP contribution in [0.4, 0.5) is 5.69 Å². The van der Waals surface area contributed by atoms with Crippen molar-refractivity contribution in [2.75, 3.05) is 11.9 Å². The van der Waals surface area contributed by atoms with Crippen molar-refractivity contribution in [2.45, 2.75) is 33.1 Å². The molecule has 0 aliphatic heterocycles. The number of carbonyl (C=O) groups excluding carboxylic acids is 2. The van der Waals surface area contributed by atoms with E-state index >= 15 is 0 Å². The minimum Gasteiger partial charge on any atom is -0.494 e. The van der Waals surface area contributed by atoms with Crippen LogP contribution in [-0.4, -0.2) is 18.5 Å². The Balaban J connectivity index is 1.88. The molecule has 0 radical (unpaired) electrons. The molecule has 2 aromatic carbocycles. The van der Waals surface area contributed by atoms with Crippen LogP contribution in [0.25, 0.3) is 0 Å². The zero-order chi connectivity index (χ0) is 18.1. The van der Waals surface area contributed by atoms with E-state index in [1.165, 1.54) is 6.92 Å². The van der Waals surface area contributed by atoms with Gasteiger partial charge in [-0.3, -0.25) is 4.79 Å². The molecule has 0 atom stereocenters. The highest BCUT2D eigenvalue weighted by Gasteiger charge is 2.09. The summed E-state index contributed by atoms with van der Waals surface area (Å²) in [7, 11) is 0. The molecule has 132 valence electrons. The zero-order valence-corrected chi connectivity index (χ0v) is 14.6. The van der Waals surface area contributed by atoms with Gasteiger partial charge in [-0.15, -0.1) is 0 Å². The van der Waals surface area contributed by atoms with E-state index in [0.717, 1.165) is 25.0 Å². The van der Waals surface area contributed by atoms with E-state index in [1.807, 2.05) is 0 Å². The van der Waals surface area contributed by atoms with E-state index in [9.17, 15) is 9.59 Å². The molecule has 2 aromatic rings. The molecule has 0 saturated heterocycles. The van der Waals surface area contributed by atoms with Gasteiger partial charge in [-0.1, -0.05) is 19.8 Å². The van der Waals surface area contributed by atoms with Crippen LogP contribution in [0.1, 0.15) is 43.5 Å². The first kappa shape index (κ1) is 18.5. The molecule has 0 aromatic heterocycles. The van der Waals surface area contributed by atoms with E-state index in [-0.39, 0.29) is 5.91 Å². The Morgan fingerprint density at radius 2 is 1.56 bits per heavy atom. The monoisotopic (exact) mass is 341 g/mol. The summed E-state index contributed by atoms with van der Waals surface area (Å²) in [6.07, 6.45) is 3.32. The molecule has 1 amide bonds. The molecule has 25 heavy (non-hydrogen) atoms. The summed E-state index contributed by atoms with van der Waals surface area (Å²) >= 11 is 0. The zero-order valence-electron chi connectivity index (χ0n) is 14.6. The Kier molecular flexibility index (Phi) is 7.01. The van der Waals surface area contributed by atoms with Gasteiger partial charge in [0.15, 0.2) is 0 Å². The van der Waals surface area contributed by atoms with Crippen LogP contribution < -0.4 is 14.8 Å². The van der Waals surface area contributed by atoms with Crippen molar-refractivity contribution in [2.24, 2.45) is 0 Å². The summed E-state index contributed by atoms with van der Waals surface area (Å²) in [5.41, 5.74) is 1.10. The van der Waals surface area contributed by atoms with Crippen molar-refractivity contribution in [3.8, 4) is 11.5 Å². The first-order chi connectivity index (χ1) is 12.1. The fourth-order valence-corrected chi connectivity index (χ4v) is 2.20. The summed E-state index contributed by atoms with van der Waals surface area (Å²) in [5, 5.41) is 2.65. The van der Waals surface area contributed by atoms with Gasteiger partial charge in [-0.25, -0.2) is 4.79 Å². The van der Waals surface area contributed by atoms with Crippen molar-refractivity contribution in [1.82, 2.24) is 0 Å². The average molecular weight is 341 g/mol. The smallest absolute Gasteiger partial charge is 0.343 e. The summed E-state index contributed by atoms with van der Waals surface area (Å²) in [6.45, 7) is 4.26. The fourth-order valence-electron chi connectivity index (χ4n) is 2.20. The van der Waals surface area contributed by atoms with Gasteiger partial charge in [0.2, 0.25) is 5.91 Å². The molecule has 0 bridgehead atoms. The molecule has 5 heteroatoms. The van der Waals surface area contributed by atoms with Gasteiger partial charge in [0.25, 0.3) is 0 Å². The Bertz CT molecular complexity index is 693. The van der Waals surface area contributed by atoms with Crippen LogP contribution in [0.2, 0.25) is 0 Å². The van der Waals surface area contributed by atoms with Gasteiger partial charge in [-0.2, -0.15) is 0 Å². The molecule has 5 nitrogen and oxygen atoms in total.